The van der Waals surface area contributed by atoms with Gasteiger partial charge in [-0.1, -0.05) is 351 Å². The zero-order chi connectivity index (χ0) is 61.2. The number of carbonyl (C=O) groups excluding carboxylic acids is 1. The highest BCUT2D eigenvalue weighted by atomic mass is 31.2. The van der Waals surface area contributed by atoms with Crippen LogP contribution in [0.4, 0.5) is 0 Å². The summed E-state index contributed by atoms with van der Waals surface area (Å²) in [5.74, 6) is -0.200. The largest absolute Gasteiger partial charge is 0.756 e. The second kappa shape index (κ2) is 65.9. The molecule has 0 aliphatic carbocycles. The molecule has 0 fully saturated rings. The minimum absolute atomic E-state index is 0.00489. The molecular weight excluding hydrogens is 1060 g/mol. The van der Waals surface area contributed by atoms with Crippen LogP contribution in [0.15, 0.2) is 48.6 Å². The molecule has 0 aromatic heterocycles. The van der Waals surface area contributed by atoms with Gasteiger partial charge >= 0.3 is 0 Å². The van der Waals surface area contributed by atoms with Gasteiger partial charge in [0.1, 0.15) is 13.2 Å². The standard InChI is InChI=1S/C75H145N2O6P/c1-6-8-10-12-14-16-18-20-22-24-26-28-30-32-34-35-36-37-38-39-40-41-43-45-47-49-51-53-55-57-59-61-63-65-67-69-75(79)76-73(72-83-84(80,81)82-71-70-77(3,4)5)74(78)68-66-64-62-60-58-56-54-52-50-48-46-44-42-33-31-29-27-25-23-21-19-17-15-13-11-9-7-2/h18,20,24,26,58,60,66,68,73-74,78H,6-17,19,21-23,25,27-57,59,61-65,67,69-72H2,1-5H3,(H-,76,79,80,81)/b20-18-,26-24-,60-58+,68-66+. The number of quaternary nitrogens is 1. The van der Waals surface area contributed by atoms with Crippen LogP contribution < -0.4 is 10.2 Å². The van der Waals surface area contributed by atoms with Crippen LogP contribution in [0.25, 0.3) is 0 Å². The molecule has 0 rings (SSSR count). The van der Waals surface area contributed by atoms with Crippen LogP contribution >= 0.6 is 7.82 Å². The maximum atomic E-state index is 13.0. The van der Waals surface area contributed by atoms with Gasteiger partial charge < -0.3 is 28.8 Å². The third-order valence-electron chi connectivity index (χ3n) is 17.0. The second-order valence-corrected chi connectivity index (χ2v) is 28.1. The van der Waals surface area contributed by atoms with E-state index in [2.05, 4.69) is 55.6 Å². The number of aliphatic hydroxyl groups is 1. The number of nitrogens with one attached hydrogen (secondary N) is 1. The van der Waals surface area contributed by atoms with Crippen LogP contribution in [-0.4, -0.2) is 68.5 Å². The molecule has 0 saturated heterocycles. The number of amides is 1. The lowest BCUT2D eigenvalue weighted by molar-refractivity contribution is -0.870. The van der Waals surface area contributed by atoms with Gasteiger partial charge in [-0.2, -0.15) is 0 Å². The van der Waals surface area contributed by atoms with Gasteiger partial charge in [0.05, 0.1) is 39.9 Å². The second-order valence-electron chi connectivity index (χ2n) is 26.6. The normalized spacial score (nSPS) is 13.8. The van der Waals surface area contributed by atoms with E-state index < -0.39 is 20.0 Å². The molecule has 0 heterocycles. The minimum Gasteiger partial charge on any atom is -0.756 e. The van der Waals surface area contributed by atoms with E-state index in [4.69, 9.17) is 9.05 Å². The number of hydrogen-bond donors (Lipinski definition) is 2. The Kier molecular flexibility index (Phi) is 64.7. The van der Waals surface area contributed by atoms with Crippen molar-refractivity contribution in [3.05, 3.63) is 48.6 Å². The first-order chi connectivity index (χ1) is 41.0. The molecule has 1 amide bonds. The van der Waals surface area contributed by atoms with Gasteiger partial charge in [-0.05, 0) is 64.2 Å². The Hall–Kier alpha value is -1.54. The first kappa shape index (κ1) is 82.5. The number of allylic oxidation sites excluding steroid dienone is 7. The summed E-state index contributed by atoms with van der Waals surface area (Å²) < 4.78 is 23.5. The predicted molar refractivity (Wildman–Crippen MR) is 367 cm³/mol. The summed E-state index contributed by atoms with van der Waals surface area (Å²) in [5.41, 5.74) is 0. The number of phosphoric acid groups is 1. The third-order valence-corrected chi connectivity index (χ3v) is 18.0. The Morgan fingerprint density at radius 1 is 0.417 bits per heavy atom. The van der Waals surface area contributed by atoms with E-state index in [1.807, 2.05) is 27.2 Å². The highest BCUT2D eigenvalue weighted by molar-refractivity contribution is 7.45. The average Bonchev–Trinajstić information content (AvgIpc) is 3.56. The van der Waals surface area contributed by atoms with Gasteiger partial charge in [0.2, 0.25) is 5.91 Å². The van der Waals surface area contributed by atoms with Crippen molar-refractivity contribution in [2.45, 2.75) is 386 Å². The van der Waals surface area contributed by atoms with Gasteiger partial charge in [-0.15, -0.1) is 0 Å². The average molecular weight is 1200 g/mol. The molecule has 9 heteroatoms. The third kappa shape index (κ3) is 68.0. The maximum absolute atomic E-state index is 13.0. The molecule has 84 heavy (non-hydrogen) atoms. The summed E-state index contributed by atoms with van der Waals surface area (Å²) in [6.45, 7) is 4.68. The topological polar surface area (TPSA) is 108 Å². The fourth-order valence-corrected chi connectivity index (χ4v) is 12.0. The van der Waals surface area contributed by atoms with E-state index in [0.29, 0.717) is 17.4 Å². The lowest BCUT2D eigenvalue weighted by atomic mass is 10.0. The zero-order valence-electron chi connectivity index (χ0n) is 56.9. The molecule has 496 valence electrons. The molecule has 0 bridgehead atoms. The molecule has 8 nitrogen and oxygen atoms in total. The molecule has 0 radical (unpaired) electrons. The summed E-state index contributed by atoms with van der Waals surface area (Å²) in [6, 6.07) is -0.904. The number of carbonyl (C=O) groups is 1. The summed E-state index contributed by atoms with van der Waals surface area (Å²) in [6.07, 6.45) is 89.7. The number of nitrogens with zero attached hydrogens (tertiary/aromatic N) is 1. The highest BCUT2D eigenvalue weighted by Gasteiger charge is 2.23. The van der Waals surface area contributed by atoms with Crippen molar-refractivity contribution in [1.29, 1.82) is 0 Å². The number of phosphoric ester groups is 1. The van der Waals surface area contributed by atoms with Crippen LogP contribution in [-0.2, 0) is 18.4 Å². The van der Waals surface area contributed by atoms with Crippen molar-refractivity contribution in [2.75, 3.05) is 40.9 Å². The number of rotatable bonds is 69. The molecule has 0 spiro atoms. The van der Waals surface area contributed by atoms with Crippen molar-refractivity contribution in [2.24, 2.45) is 0 Å². The molecule has 0 aliphatic rings. The Labute approximate surface area is 524 Å². The summed E-state index contributed by atoms with van der Waals surface area (Å²) in [5, 5.41) is 14.0. The fraction of sp³-hybridized carbons (Fsp3) is 0.880. The van der Waals surface area contributed by atoms with Gasteiger partial charge in [0.25, 0.3) is 7.82 Å². The van der Waals surface area contributed by atoms with Gasteiger partial charge in [0.15, 0.2) is 0 Å². The number of likely N-dealkylation sites (N-methyl/N-ethyl adjacent to an activating group) is 1. The molecular formula is C75H145N2O6P. The Morgan fingerprint density at radius 3 is 1.04 bits per heavy atom. The number of hydrogen-bond acceptors (Lipinski definition) is 6. The van der Waals surface area contributed by atoms with E-state index in [1.165, 1.54) is 308 Å². The molecule has 0 aromatic carbocycles. The first-order valence-corrected chi connectivity index (χ1v) is 38.5. The van der Waals surface area contributed by atoms with E-state index in [0.717, 1.165) is 44.9 Å². The summed E-state index contributed by atoms with van der Waals surface area (Å²) in [4.78, 5) is 25.6. The summed E-state index contributed by atoms with van der Waals surface area (Å²) >= 11 is 0. The minimum atomic E-state index is -4.61. The number of unbranched alkanes of at least 4 members (excludes halogenated alkanes) is 50. The lowest BCUT2D eigenvalue weighted by Crippen LogP contribution is -2.45. The lowest BCUT2D eigenvalue weighted by Gasteiger charge is -2.29. The van der Waals surface area contributed by atoms with Crippen LogP contribution in [0, 0.1) is 0 Å². The summed E-state index contributed by atoms with van der Waals surface area (Å²) in [7, 11) is 1.26. The quantitative estimate of drug-likeness (QED) is 0.0272. The van der Waals surface area contributed by atoms with Crippen molar-refractivity contribution < 1.29 is 32.9 Å². The van der Waals surface area contributed by atoms with Crippen molar-refractivity contribution in [1.82, 2.24) is 5.32 Å². The molecule has 0 aromatic rings. The van der Waals surface area contributed by atoms with Gasteiger partial charge in [0, 0.05) is 6.42 Å². The highest BCUT2D eigenvalue weighted by Crippen LogP contribution is 2.38. The zero-order valence-corrected chi connectivity index (χ0v) is 57.8. The first-order valence-electron chi connectivity index (χ1n) is 37.0. The molecule has 2 N–H and O–H groups in total. The van der Waals surface area contributed by atoms with Crippen LogP contribution in [0.1, 0.15) is 373 Å². The monoisotopic (exact) mass is 1200 g/mol. The van der Waals surface area contributed by atoms with Gasteiger partial charge in [-0.3, -0.25) is 9.36 Å². The molecule has 3 unspecified atom stereocenters. The van der Waals surface area contributed by atoms with Crippen molar-refractivity contribution in [3.63, 3.8) is 0 Å². The van der Waals surface area contributed by atoms with Crippen molar-refractivity contribution >= 4 is 13.7 Å². The van der Waals surface area contributed by atoms with Gasteiger partial charge in [-0.25, -0.2) is 0 Å². The molecule has 0 aliphatic heterocycles. The Morgan fingerprint density at radius 2 is 0.702 bits per heavy atom. The number of aliphatic hydroxyl groups excluding tert-OH is 1. The van der Waals surface area contributed by atoms with Crippen LogP contribution in [0.5, 0.6) is 0 Å². The SMILES string of the molecule is CCCCCCC/C=C\C/C=C\CCCCCCCCCCCCCCCCCCCCCCCCCC(=O)NC(COP(=O)([O-])OCC[N+](C)(C)C)C(O)/C=C/CC/C=C/CCCCCCCCCCCCCCCCCCCCCCC. The Bertz CT molecular complexity index is 1510. The van der Waals surface area contributed by atoms with E-state index >= 15 is 0 Å². The predicted octanol–water partition coefficient (Wildman–Crippen LogP) is 23.2. The van der Waals surface area contributed by atoms with E-state index in [1.54, 1.807) is 6.08 Å². The molecule has 3 atom stereocenters. The molecule has 0 saturated carbocycles. The smallest absolute Gasteiger partial charge is 0.268 e. The Balaban J connectivity index is 4.02. The van der Waals surface area contributed by atoms with Crippen LogP contribution in [0.2, 0.25) is 0 Å². The van der Waals surface area contributed by atoms with Crippen LogP contribution in [0.3, 0.4) is 0 Å². The van der Waals surface area contributed by atoms with E-state index in [-0.39, 0.29) is 19.1 Å². The fourth-order valence-electron chi connectivity index (χ4n) is 11.3. The van der Waals surface area contributed by atoms with E-state index in [9.17, 15) is 19.4 Å². The van der Waals surface area contributed by atoms with Crippen molar-refractivity contribution in [3.8, 4) is 0 Å². The maximum Gasteiger partial charge on any atom is 0.268 e.